The van der Waals surface area contributed by atoms with Crippen LogP contribution in [0.1, 0.15) is 43.2 Å². The Balaban J connectivity index is 0.00000400. The van der Waals surface area contributed by atoms with Gasteiger partial charge < -0.3 is 25.0 Å². The quantitative estimate of drug-likeness (QED) is 0.254. The van der Waals surface area contributed by atoms with Crippen LogP contribution < -0.4 is 10.6 Å². The summed E-state index contributed by atoms with van der Waals surface area (Å²) >= 11 is 0. The van der Waals surface area contributed by atoms with Crippen molar-refractivity contribution >= 4 is 35.8 Å². The highest BCUT2D eigenvalue weighted by atomic mass is 35.5. The number of nitrogen functional groups attached to an aromatic ring is 1. The van der Waals surface area contributed by atoms with Crippen molar-refractivity contribution in [2.45, 2.75) is 50.7 Å². The largest absolute Gasteiger partial charge is 0.469 e. The molecule has 2 aliphatic rings. The molecule has 2 saturated heterocycles. The molecule has 2 fully saturated rings. The SMILES string of the molecule is COC(=O)C[C@@H]1C[C@@H](COC2CCN(c3ccc(C(=N)N)cc3)CC2)N(CCCc2ccccc2)C1=O.Cl. The number of anilines is 1. The molecular formula is C29H39ClN4O4. The number of halogens is 1. The Hall–Kier alpha value is -3.10. The van der Waals surface area contributed by atoms with E-state index in [-0.39, 0.29) is 54.6 Å². The third kappa shape index (κ3) is 7.71. The molecule has 2 aromatic rings. The van der Waals surface area contributed by atoms with E-state index >= 15 is 0 Å². The van der Waals surface area contributed by atoms with Gasteiger partial charge in [0.25, 0.3) is 0 Å². The molecule has 2 aliphatic heterocycles. The van der Waals surface area contributed by atoms with Gasteiger partial charge in [0.1, 0.15) is 5.84 Å². The lowest BCUT2D eigenvalue weighted by Crippen LogP contribution is -2.41. The summed E-state index contributed by atoms with van der Waals surface area (Å²) in [5, 5.41) is 7.55. The number of likely N-dealkylation sites (tertiary alicyclic amines) is 1. The molecule has 4 rings (SSSR count). The second-order valence-electron chi connectivity index (χ2n) is 9.97. The molecule has 0 unspecified atom stereocenters. The fourth-order valence-electron chi connectivity index (χ4n) is 5.35. The van der Waals surface area contributed by atoms with Crippen molar-refractivity contribution in [2.75, 3.05) is 38.3 Å². The first-order valence-corrected chi connectivity index (χ1v) is 13.2. The number of hydrogen-bond acceptors (Lipinski definition) is 6. The number of amides is 1. The molecular weight excluding hydrogens is 504 g/mol. The van der Waals surface area contributed by atoms with Crippen LogP contribution in [0.2, 0.25) is 0 Å². The summed E-state index contributed by atoms with van der Waals surface area (Å²) in [6.45, 7) is 2.93. The molecule has 2 heterocycles. The zero-order valence-electron chi connectivity index (χ0n) is 22.0. The van der Waals surface area contributed by atoms with Crippen LogP contribution in [0.4, 0.5) is 5.69 Å². The number of piperidine rings is 1. The van der Waals surface area contributed by atoms with E-state index in [1.807, 2.05) is 47.4 Å². The molecule has 0 saturated carbocycles. The lowest BCUT2D eigenvalue weighted by Gasteiger charge is -2.34. The number of methoxy groups -OCH3 is 1. The molecule has 8 nitrogen and oxygen atoms in total. The highest BCUT2D eigenvalue weighted by molar-refractivity contribution is 5.95. The van der Waals surface area contributed by atoms with E-state index in [2.05, 4.69) is 17.0 Å². The maximum absolute atomic E-state index is 13.2. The maximum atomic E-state index is 13.2. The predicted octanol–water partition coefficient (Wildman–Crippen LogP) is 3.79. The van der Waals surface area contributed by atoms with Crippen molar-refractivity contribution in [1.29, 1.82) is 5.41 Å². The minimum Gasteiger partial charge on any atom is -0.469 e. The summed E-state index contributed by atoms with van der Waals surface area (Å²) in [7, 11) is 1.37. The third-order valence-corrected chi connectivity index (χ3v) is 7.49. The van der Waals surface area contributed by atoms with Gasteiger partial charge in [-0.15, -0.1) is 12.4 Å². The Labute approximate surface area is 231 Å². The number of nitrogens with one attached hydrogen (secondary N) is 1. The molecule has 9 heteroatoms. The highest BCUT2D eigenvalue weighted by Gasteiger charge is 2.40. The second-order valence-corrected chi connectivity index (χ2v) is 9.97. The summed E-state index contributed by atoms with van der Waals surface area (Å²) < 4.78 is 11.2. The first kappa shape index (κ1) is 29.5. The van der Waals surface area contributed by atoms with Crippen LogP contribution in [-0.4, -0.2) is 68.1 Å². The fraction of sp³-hybridized carbons (Fsp3) is 0.483. The summed E-state index contributed by atoms with van der Waals surface area (Å²) in [6.07, 6.45) is 4.50. The number of rotatable bonds is 11. The average molecular weight is 543 g/mol. The number of ether oxygens (including phenoxy) is 2. The number of esters is 1. The highest BCUT2D eigenvalue weighted by Crippen LogP contribution is 2.30. The minimum absolute atomic E-state index is 0. The molecule has 2 aromatic carbocycles. The molecule has 2 atom stereocenters. The smallest absolute Gasteiger partial charge is 0.306 e. The van der Waals surface area contributed by atoms with Crippen molar-refractivity contribution in [3.05, 3.63) is 65.7 Å². The van der Waals surface area contributed by atoms with E-state index in [1.54, 1.807) is 0 Å². The summed E-state index contributed by atoms with van der Waals surface area (Å²) in [4.78, 5) is 29.3. The molecule has 3 N–H and O–H groups in total. The van der Waals surface area contributed by atoms with Gasteiger partial charge in [0, 0.05) is 30.9 Å². The molecule has 0 spiro atoms. The topological polar surface area (TPSA) is 109 Å². The van der Waals surface area contributed by atoms with Crippen molar-refractivity contribution in [1.82, 2.24) is 4.90 Å². The van der Waals surface area contributed by atoms with Gasteiger partial charge in [0.15, 0.2) is 0 Å². The van der Waals surface area contributed by atoms with Gasteiger partial charge in [-0.3, -0.25) is 15.0 Å². The average Bonchev–Trinajstić information content (AvgIpc) is 3.22. The van der Waals surface area contributed by atoms with Gasteiger partial charge in [-0.1, -0.05) is 30.3 Å². The van der Waals surface area contributed by atoms with Crippen LogP contribution in [0.5, 0.6) is 0 Å². The molecule has 1 amide bonds. The van der Waals surface area contributed by atoms with E-state index in [1.165, 1.54) is 12.7 Å². The Morgan fingerprint density at radius 1 is 1.08 bits per heavy atom. The summed E-state index contributed by atoms with van der Waals surface area (Å²) in [6, 6.07) is 18.1. The second kappa shape index (κ2) is 14.2. The van der Waals surface area contributed by atoms with Crippen molar-refractivity contribution in [3.63, 3.8) is 0 Å². The van der Waals surface area contributed by atoms with Crippen LogP contribution >= 0.6 is 12.4 Å². The van der Waals surface area contributed by atoms with E-state index in [0.29, 0.717) is 19.6 Å². The van der Waals surface area contributed by atoms with E-state index in [4.69, 9.17) is 20.6 Å². The van der Waals surface area contributed by atoms with Crippen LogP contribution in [0, 0.1) is 11.3 Å². The van der Waals surface area contributed by atoms with Gasteiger partial charge in [0.05, 0.1) is 38.2 Å². The Morgan fingerprint density at radius 3 is 2.39 bits per heavy atom. The first-order chi connectivity index (χ1) is 17.9. The third-order valence-electron chi connectivity index (χ3n) is 7.49. The number of hydrogen-bond donors (Lipinski definition) is 2. The Kier molecular flexibility index (Phi) is 11.0. The van der Waals surface area contributed by atoms with Gasteiger partial charge in [0.2, 0.25) is 5.91 Å². The molecule has 38 heavy (non-hydrogen) atoms. The monoisotopic (exact) mass is 542 g/mol. The number of benzene rings is 2. The standard InChI is InChI=1S/C29H38N4O4.ClH/c1-36-27(34)19-23-18-25(33(29(23)35)15-5-8-21-6-3-2-4-7-21)20-37-26-13-16-32(17-14-26)24-11-9-22(10-12-24)28(30)31;/h2-4,6-7,9-12,23,25-26H,5,8,13-20H2,1H3,(H3,30,31);1H/t23-,25-;/m0./s1. The van der Waals surface area contributed by atoms with Crippen molar-refractivity contribution in [3.8, 4) is 0 Å². The van der Waals surface area contributed by atoms with Crippen LogP contribution in [-0.2, 0) is 25.5 Å². The van der Waals surface area contributed by atoms with E-state index in [9.17, 15) is 9.59 Å². The molecule has 206 valence electrons. The van der Waals surface area contributed by atoms with Gasteiger partial charge in [-0.25, -0.2) is 0 Å². The van der Waals surface area contributed by atoms with Gasteiger partial charge >= 0.3 is 5.97 Å². The van der Waals surface area contributed by atoms with E-state index < -0.39 is 0 Å². The summed E-state index contributed by atoms with van der Waals surface area (Å²) in [5.41, 5.74) is 8.68. The lowest BCUT2D eigenvalue weighted by atomic mass is 10.0. The number of nitrogens with two attached hydrogens (primary N) is 1. The molecule has 0 aromatic heterocycles. The van der Waals surface area contributed by atoms with Gasteiger partial charge in [-0.2, -0.15) is 0 Å². The predicted molar refractivity (Wildman–Crippen MR) is 151 cm³/mol. The van der Waals surface area contributed by atoms with Crippen molar-refractivity contribution in [2.24, 2.45) is 11.7 Å². The fourth-order valence-corrected chi connectivity index (χ4v) is 5.35. The van der Waals surface area contributed by atoms with E-state index in [0.717, 1.165) is 50.0 Å². The van der Waals surface area contributed by atoms with Crippen LogP contribution in [0.25, 0.3) is 0 Å². The number of aryl methyl sites for hydroxylation is 1. The molecule has 0 bridgehead atoms. The van der Waals surface area contributed by atoms with Crippen LogP contribution in [0.15, 0.2) is 54.6 Å². The van der Waals surface area contributed by atoms with Gasteiger partial charge in [-0.05, 0) is 61.9 Å². The lowest BCUT2D eigenvalue weighted by molar-refractivity contribution is -0.145. The molecule has 0 radical (unpaired) electrons. The maximum Gasteiger partial charge on any atom is 0.306 e. The number of nitrogens with zero attached hydrogens (tertiary/aromatic N) is 2. The number of carbonyl (C=O) groups is 2. The minimum atomic E-state index is -0.340. The van der Waals surface area contributed by atoms with Crippen LogP contribution in [0.3, 0.4) is 0 Å². The Bertz CT molecular complexity index is 1060. The zero-order valence-corrected chi connectivity index (χ0v) is 22.8. The Morgan fingerprint density at radius 2 is 1.76 bits per heavy atom. The first-order valence-electron chi connectivity index (χ1n) is 13.2. The normalized spacial score (nSPS) is 19.8. The zero-order chi connectivity index (χ0) is 26.2. The number of amidine groups is 1. The number of carbonyl (C=O) groups excluding carboxylic acids is 2. The van der Waals surface area contributed by atoms with Crippen molar-refractivity contribution < 1.29 is 19.1 Å². The summed E-state index contributed by atoms with van der Waals surface area (Å²) in [5.74, 6) is -0.562. The molecule has 0 aliphatic carbocycles.